The van der Waals surface area contributed by atoms with E-state index in [0.29, 0.717) is 25.2 Å². The molecule has 142 valence electrons. The Balaban J connectivity index is 1.82. The third-order valence-electron chi connectivity index (χ3n) is 4.96. The molecule has 1 aromatic carbocycles. The largest absolute Gasteiger partial charge is 0.336 e. The van der Waals surface area contributed by atoms with E-state index in [0.717, 1.165) is 5.56 Å². The predicted octanol–water partition coefficient (Wildman–Crippen LogP) is 3.12. The first-order chi connectivity index (χ1) is 13.0. The average Bonchev–Trinajstić information content (AvgIpc) is 2.83. The fraction of sp³-hybridized carbons (Fsp3) is 0.381. The highest BCUT2D eigenvalue weighted by Crippen LogP contribution is 2.22. The summed E-state index contributed by atoms with van der Waals surface area (Å²) >= 11 is 0. The Morgan fingerprint density at radius 2 is 2.00 bits per heavy atom. The van der Waals surface area contributed by atoms with Gasteiger partial charge in [-0.25, -0.2) is 4.39 Å². The zero-order valence-corrected chi connectivity index (χ0v) is 15.6. The van der Waals surface area contributed by atoms with Crippen LogP contribution < -0.4 is 0 Å². The minimum atomic E-state index is -0.297. The smallest absolute Gasteiger partial charge is 0.255 e. The summed E-state index contributed by atoms with van der Waals surface area (Å²) in [5.74, 6) is -0.212. The van der Waals surface area contributed by atoms with Crippen LogP contribution in [0.3, 0.4) is 0 Å². The summed E-state index contributed by atoms with van der Waals surface area (Å²) in [4.78, 5) is 33.2. The monoisotopic (exact) mass is 369 g/mol. The molecule has 1 saturated heterocycles. The fourth-order valence-corrected chi connectivity index (χ4v) is 3.39. The summed E-state index contributed by atoms with van der Waals surface area (Å²) in [6.07, 6.45) is 3.45. The molecule has 3 rings (SSSR count). The van der Waals surface area contributed by atoms with E-state index in [-0.39, 0.29) is 36.0 Å². The van der Waals surface area contributed by atoms with Gasteiger partial charge in [-0.2, -0.15) is 0 Å². The van der Waals surface area contributed by atoms with Crippen molar-refractivity contribution in [2.75, 3.05) is 13.1 Å². The standard InChI is InChI=1S/C21H24FN3O2/c1-15(2)19-14-24(21(27)17-4-3-10-23-12-17)11-9-20(26)25(19)13-16-5-7-18(22)8-6-16/h3-8,10,12,15,19H,9,11,13-14H2,1-2H3/t19-/m1/s1. The highest BCUT2D eigenvalue weighted by Gasteiger charge is 2.33. The number of aromatic nitrogens is 1. The third kappa shape index (κ3) is 4.51. The number of hydrogen-bond acceptors (Lipinski definition) is 3. The first-order valence-electron chi connectivity index (χ1n) is 9.19. The lowest BCUT2D eigenvalue weighted by Gasteiger charge is -2.34. The van der Waals surface area contributed by atoms with Gasteiger partial charge in [-0.3, -0.25) is 14.6 Å². The molecule has 0 N–H and O–H groups in total. The van der Waals surface area contributed by atoms with Crippen molar-refractivity contribution in [1.82, 2.24) is 14.8 Å². The highest BCUT2D eigenvalue weighted by atomic mass is 19.1. The maximum atomic E-state index is 13.2. The molecule has 0 unspecified atom stereocenters. The molecule has 1 fully saturated rings. The van der Waals surface area contributed by atoms with Gasteiger partial charge >= 0.3 is 0 Å². The topological polar surface area (TPSA) is 53.5 Å². The summed E-state index contributed by atoms with van der Waals surface area (Å²) in [5, 5.41) is 0. The van der Waals surface area contributed by atoms with E-state index in [4.69, 9.17) is 0 Å². The van der Waals surface area contributed by atoms with Crippen molar-refractivity contribution < 1.29 is 14.0 Å². The number of rotatable bonds is 4. The Bertz CT molecular complexity index is 793. The van der Waals surface area contributed by atoms with Crippen LogP contribution in [0.4, 0.5) is 4.39 Å². The minimum Gasteiger partial charge on any atom is -0.336 e. The van der Waals surface area contributed by atoms with Crippen LogP contribution in [0.15, 0.2) is 48.8 Å². The highest BCUT2D eigenvalue weighted by molar-refractivity contribution is 5.94. The Labute approximate surface area is 158 Å². The van der Waals surface area contributed by atoms with Crippen LogP contribution in [0.1, 0.15) is 36.2 Å². The molecule has 1 aliphatic rings. The summed E-state index contributed by atoms with van der Waals surface area (Å²) in [6, 6.07) is 9.57. The Morgan fingerprint density at radius 1 is 1.26 bits per heavy atom. The number of carbonyl (C=O) groups is 2. The second-order valence-electron chi connectivity index (χ2n) is 7.20. The number of nitrogens with zero attached hydrogens (tertiary/aromatic N) is 3. The van der Waals surface area contributed by atoms with Crippen LogP contribution in [0.2, 0.25) is 0 Å². The fourth-order valence-electron chi connectivity index (χ4n) is 3.39. The van der Waals surface area contributed by atoms with Crippen LogP contribution in [-0.2, 0) is 11.3 Å². The Hall–Kier alpha value is -2.76. The number of pyridine rings is 1. The van der Waals surface area contributed by atoms with E-state index in [9.17, 15) is 14.0 Å². The molecule has 27 heavy (non-hydrogen) atoms. The van der Waals surface area contributed by atoms with Crippen LogP contribution in [0.25, 0.3) is 0 Å². The van der Waals surface area contributed by atoms with Crippen molar-refractivity contribution in [3.8, 4) is 0 Å². The lowest BCUT2D eigenvalue weighted by molar-refractivity contribution is -0.134. The lowest BCUT2D eigenvalue weighted by Crippen LogP contribution is -2.47. The SMILES string of the molecule is CC(C)[C@H]1CN(C(=O)c2cccnc2)CCC(=O)N1Cc1ccc(F)cc1. The normalized spacial score (nSPS) is 17.9. The van der Waals surface area contributed by atoms with E-state index in [2.05, 4.69) is 4.98 Å². The number of carbonyl (C=O) groups excluding carboxylic acids is 2. The maximum Gasteiger partial charge on any atom is 0.255 e. The van der Waals surface area contributed by atoms with Crippen molar-refractivity contribution in [1.29, 1.82) is 0 Å². The molecule has 0 spiro atoms. The molecular formula is C21H24FN3O2. The molecule has 2 amide bonds. The second-order valence-corrected chi connectivity index (χ2v) is 7.20. The van der Waals surface area contributed by atoms with Gasteiger partial charge < -0.3 is 9.80 Å². The number of halogens is 1. The molecule has 1 aromatic heterocycles. The summed E-state index contributed by atoms with van der Waals surface area (Å²) < 4.78 is 13.2. The Kier molecular flexibility index (Phi) is 5.84. The molecule has 2 heterocycles. The van der Waals surface area contributed by atoms with Gasteiger partial charge in [-0.1, -0.05) is 26.0 Å². The molecule has 2 aromatic rings. The molecule has 0 bridgehead atoms. The maximum absolute atomic E-state index is 13.2. The van der Waals surface area contributed by atoms with Crippen LogP contribution >= 0.6 is 0 Å². The molecule has 0 saturated carbocycles. The Morgan fingerprint density at radius 3 is 2.63 bits per heavy atom. The van der Waals surface area contributed by atoms with Gasteiger partial charge in [-0.15, -0.1) is 0 Å². The van der Waals surface area contributed by atoms with Gasteiger partial charge in [0, 0.05) is 38.4 Å². The van der Waals surface area contributed by atoms with Crippen molar-refractivity contribution in [2.45, 2.75) is 32.9 Å². The average molecular weight is 369 g/mol. The van der Waals surface area contributed by atoms with Gasteiger partial charge in [0.25, 0.3) is 5.91 Å². The van der Waals surface area contributed by atoms with E-state index in [1.54, 1.807) is 41.6 Å². The quantitative estimate of drug-likeness (QED) is 0.832. The van der Waals surface area contributed by atoms with Crippen LogP contribution in [0.5, 0.6) is 0 Å². The summed E-state index contributed by atoms with van der Waals surface area (Å²) in [5.41, 5.74) is 1.40. The molecule has 0 aliphatic carbocycles. The molecule has 1 aliphatic heterocycles. The molecule has 5 nitrogen and oxygen atoms in total. The zero-order chi connectivity index (χ0) is 19.4. The van der Waals surface area contributed by atoms with Crippen LogP contribution in [-0.4, -0.2) is 45.7 Å². The summed E-state index contributed by atoms with van der Waals surface area (Å²) in [7, 11) is 0. The van der Waals surface area contributed by atoms with Crippen molar-refractivity contribution in [2.24, 2.45) is 5.92 Å². The van der Waals surface area contributed by atoms with Gasteiger partial charge in [-0.05, 0) is 35.7 Å². The molecule has 6 heteroatoms. The first-order valence-corrected chi connectivity index (χ1v) is 9.19. The number of amides is 2. The van der Waals surface area contributed by atoms with Crippen LogP contribution in [0, 0.1) is 11.7 Å². The lowest BCUT2D eigenvalue weighted by atomic mass is 10.0. The summed E-state index contributed by atoms with van der Waals surface area (Å²) in [6.45, 7) is 5.37. The molecule has 0 radical (unpaired) electrons. The van der Waals surface area contributed by atoms with Crippen molar-refractivity contribution >= 4 is 11.8 Å². The second kappa shape index (κ2) is 8.29. The molecule has 1 atom stereocenters. The van der Waals surface area contributed by atoms with E-state index in [1.165, 1.54) is 12.1 Å². The third-order valence-corrected chi connectivity index (χ3v) is 4.96. The molecular weight excluding hydrogens is 345 g/mol. The zero-order valence-electron chi connectivity index (χ0n) is 15.6. The first kappa shape index (κ1) is 19.0. The number of benzene rings is 1. The van der Waals surface area contributed by atoms with E-state index < -0.39 is 0 Å². The van der Waals surface area contributed by atoms with Gasteiger partial charge in [0.05, 0.1) is 11.6 Å². The van der Waals surface area contributed by atoms with Crippen molar-refractivity contribution in [3.05, 3.63) is 65.7 Å². The van der Waals surface area contributed by atoms with E-state index in [1.807, 2.05) is 18.7 Å². The van der Waals surface area contributed by atoms with Gasteiger partial charge in [0.1, 0.15) is 5.82 Å². The predicted molar refractivity (Wildman–Crippen MR) is 100 cm³/mol. The minimum absolute atomic E-state index is 0.0134. The van der Waals surface area contributed by atoms with Gasteiger partial charge in [0.15, 0.2) is 0 Å². The van der Waals surface area contributed by atoms with Gasteiger partial charge in [0.2, 0.25) is 5.91 Å². The van der Waals surface area contributed by atoms with Crippen molar-refractivity contribution in [3.63, 3.8) is 0 Å². The number of hydrogen-bond donors (Lipinski definition) is 0. The van der Waals surface area contributed by atoms with E-state index >= 15 is 0 Å².